The zero-order valence-corrected chi connectivity index (χ0v) is 8.84. The normalized spacial score (nSPS) is 19.9. The second-order valence-electron chi connectivity index (χ2n) is 3.60. The van der Waals surface area contributed by atoms with Gasteiger partial charge in [-0.3, -0.25) is 9.59 Å². The lowest BCUT2D eigenvalue weighted by molar-refractivity contribution is -0.138. The van der Waals surface area contributed by atoms with Crippen LogP contribution in [0.2, 0.25) is 0 Å². The predicted molar refractivity (Wildman–Crippen MR) is 58.2 cm³/mol. The maximum absolute atomic E-state index is 11.3. The molecule has 1 aliphatic heterocycles. The third kappa shape index (κ3) is 2.16. The van der Waals surface area contributed by atoms with Gasteiger partial charge in [0.25, 0.3) is 0 Å². The van der Waals surface area contributed by atoms with Crippen LogP contribution in [0.15, 0.2) is 35.3 Å². The molecule has 1 aromatic rings. The molecule has 1 aromatic carbocycles. The summed E-state index contributed by atoms with van der Waals surface area (Å²) in [7, 11) is 0. The number of benzene rings is 1. The summed E-state index contributed by atoms with van der Waals surface area (Å²) >= 11 is 0. The van der Waals surface area contributed by atoms with Gasteiger partial charge in [-0.15, -0.1) is 0 Å². The minimum Gasteiger partial charge on any atom is -0.407 e. The summed E-state index contributed by atoms with van der Waals surface area (Å²) in [5.41, 5.74) is 0.710. The van der Waals surface area contributed by atoms with E-state index in [9.17, 15) is 9.59 Å². The average molecular weight is 217 g/mol. The van der Waals surface area contributed by atoms with Crippen molar-refractivity contribution in [3.63, 3.8) is 0 Å². The van der Waals surface area contributed by atoms with E-state index < -0.39 is 12.0 Å². The summed E-state index contributed by atoms with van der Waals surface area (Å²) < 4.78 is 5.01. The molecule has 2 rings (SSSR count). The Kier molecular flexibility index (Phi) is 2.81. The van der Waals surface area contributed by atoms with Gasteiger partial charge >= 0.3 is 5.97 Å². The molecule has 0 saturated carbocycles. The molecule has 0 spiro atoms. The van der Waals surface area contributed by atoms with Crippen LogP contribution in [-0.4, -0.2) is 23.7 Å². The number of carbonyl (C=O) groups excluding carboxylic acids is 2. The molecule has 0 radical (unpaired) electrons. The van der Waals surface area contributed by atoms with E-state index in [0.29, 0.717) is 5.56 Å². The average Bonchev–Trinajstić information content (AvgIpc) is 2.29. The summed E-state index contributed by atoms with van der Waals surface area (Å²) in [6, 6.07) is 8.48. The van der Waals surface area contributed by atoms with Crippen molar-refractivity contribution in [2.75, 3.05) is 0 Å². The molecule has 4 nitrogen and oxygen atoms in total. The topological polar surface area (TPSA) is 55.7 Å². The Morgan fingerprint density at radius 2 is 2.06 bits per heavy atom. The fourth-order valence-corrected chi connectivity index (χ4v) is 1.47. The van der Waals surface area contributed by atoms with Gasteiger partial charge in [0.15, 0.2) is 5.78 Å². The summed E-state index contributed by atoms with van der Waals surface area (Å²) in [5.74, 6) is -0.295. The highest BCUT2D eigenvalue weighted by Gasteiger charge is 2.26. The molecular formula is C12H11NO3. The Morgan fingerprint density at radius 1 is 1.38 bits per heavy atom. The second-order valence-corrected chi connectivity index (χ2v) is 3.60. The van der Waals surface area contributed by atoms with Crippen LogP contribution in [0.1, 0.15) is 18.9 Å². The van der Waals surface area contributed by atoms with Crippen molar-refractivity contribution in [1.82, 2.24) is 0 Å². The quantitative estimate of drug-likeness (QED) is 0.702. The summed E-state index contributed by atoms with van der Waals surface area (Å²) in [5, 5.41) is 0. The van der Waals surface area contributed by atoms with Gasteiger partial charge in [0.1, 0.15) is 6.04 Å². The molecule has 1 atom stereocenters. The highest BCUT2D eigenvalue weighted by molar-refractivity contribution is 6.04. The van der Waals surface area contributed by atoms with Gasteiger partial charge in [-0.25, -0.2) is 4.99 Å². The monoisotopic (exact) mass is 217 g/mol. The van der Waals surface area contributed by atoms with Gasteiger partial charge in [0, 0.05) is 5.56 Å². The van der Waals surface area contributed by atoms with E-state index in [1.807, 2.05) is 18.2 Å². The maximum atomic E-state index is 11.3. The number of ether oxygens (including phenoxy) is 1. The molecule has 0 fully saturated rings. The van der Waals surface area contributed by atoms with Crippen molar-refractivity contribution in [3.05, 3.63) is 35.9 Å². The lowest BCUT2D eigenvalue weighted by Gasteiger charge is -2.17. The van der Waals surface area contributed by atoms with Crippen molar-refractivity contribution in [2.45, 2.75) is 19.4 Å². The maximum Gasteiger partial charge on any atom is 0.315 e. The molecule has 1 heterocycles. The fraction of sp³-hybridized carbons (Fsp3) is 0.250. The van der Waals surface area contributed by atoms with Crippen molar-refractivity contribution >= 4 is 17.7 Å². The Labute approximate surface area is 92.9 Å². The summed E-state index contributed by atoms with van der Waals surface area (Å²) in [4.78, 5) is 26.6. The number of aliphatic imine (C=N–C) groups is 1. The molecule has 0 N–H and O–H groups in total. The van der Waals surface area contributed by atoms with Crippen LogP contribution in [0.25, 0.3) is 0 Å². The predicted octanol–water partition coefficient (Wildman–Crippen LogP) is 1.34. The number of rotatable bonds is 2. The van der Waals surface area contributed by atoms with Crippen LogP contribution in [0.3, 0.4) is 0 Å². The molecule has 0 amide bonds. The first-order chi connectivity index (χ1) is 7.66. The fourth-order valence-electron chi connectivity index (χ4n) is 1.47. The highest BCUT2D eigenvalue weighted by Crippen LogP contribution is 2.14. The van der Waals surface area contributed by atoms with Crippen LogP contribution >= 0.6 is 0 Å². The van der Waals surface area contributed by atoms with Crippen molar-refractivity contribution in [1.29, 1.82) is 0 Å². The zero-order chi connectivity index (χ0) is 11.5. The third-order valence-electron chi connectivity index (χ3n) is 2.33. The molecule has 1 aliphatic rings. The van der Waals surface area contributed by atoms with Crippen LogP contribution in [0.5, 0.6) is 0 Å². The second kappa shape index (κ2) is 4.26. The lowest BCUT2D eigenvalue weighted by atomic mass is 10.1. The van der Waals surface area contributed by atoms with Crippen molar-refractivity contribution in [2.24, 2.45) is 4.99 Å². The van der Waals surface area contributed by atoms with Crippen LogP contribution < -0.4 is 0 Å². The SMILES string of the molecule is CC(=O)C1CC(=O)OC(c2ccccc2)=N1. The number of nitrogens with zero attached hydrogens (tertiary/aromatic N) is 1. The van der Waals surface area contributed by atoms with Gasteiger partial charge < -0.3 is 4.74 Å². The zero-order valence-electron chi connectivity index (χ0n) is 8.84. The van der Waals surface area contributed by atoms with E-state index in [1.54, 1.807) is 12.1 Å². The lowest BCUT2D eigenvalue weighted by Crippen LogP contribution is -2.30. The van der Waals surface area contributed by atoms with Gasteiger partial charge in [-0.2, -0.15) is 0 Å². The van der Waals surface area contributed by atoms with Gasteiger partial charge in [0.05, 0.1) is 6.42 Å². The minimum atomic E-state index is -0.601. The first-order valence-electron chi connectivity index (χ1n) is 5.01. The Morgan fingerprint density at radius 3 is 2.69 bits per heavy atom. The van der Waals surface area contributed by atoms with E-state index in [0.717, 1.165) is 0 Å². The first-order valence-corrected chi connectivity index (χ1v) is 5.01. The van der Waals surface area contributed by atoms with Crippen molar-refractivity contribution < 1.29 is 14.3 Å². The molecule has 1 unspecified atom stereocenters. The highest BCUT2D eigenvalue weighted by atomic mass is 16.5. The van der Waals surface area contributed by atoms with Crippen molar-refractivity contribution in [3.8, 4) is 0 Å². The third-order valence-corrected chi connectivity index (χ3v) is 2.33. The standard InChI is InChI=1S/C12H11NO3/c1-8(14)10-7-11(15)16-12(13-10)9-5-3-2-4-6-9/h2-6,10H,7H2,1H3. The Balaban J connectivity index is 2.33. The van der Waals surface area contributed by atoms with E-state index in [1.165, 1.54) is 6.92 Å². The van der Waals surface area contributed by atoms with Gasteiger partial charge in [-0.1, -0.05) is 18.2 Å². The van der Waals surface area contributed by atoms with E-state index in [-0.39, 0.29) is 18.1 Å². The summed E-state index contributed by atoms with van der Waals surface area (Å²) in [6.07, 6.45) is 0.0334. The Bertz CT molecular complexity index is 451. The van der Waals surface area contributed by atoms with Gasteiger partial charge in [0.2, 0.25) is 5.90 Å². The van der Waals surface area contributed by atoms with Crippen LogP contribution in [0.4, 0.5) is 0 Å². The minimum absolute atomic E-state index is 0.0334. The van der Waals surface area contributed by atoms with E-state index in [4.69, 9.17) is 4.74 Å². The number of esters is 1. The van der Waals surface area contributed by atoms with Crippen LogP contribution in [-0.2, 0) is 14.3 Å². The molecule has 0 bridgehead atoms. The largest absolute Gasteiger partial charge is 0.407 e. The molecule has 16 heavy (non-hydrogen) atoms. The number of hydrogen-bond donors (Lipinski definition) is 0. The smallest absolute Gasteiger partial charge is 0.315 e. The molecule has 0 aromatic heterocycles. The van der Waals surface area contributed by atoms with Crippen LogP contribution in [0, 0.1) is 0 Å². The van der Waals surface area contributed by atoms with E-state index >= 15 is 0 Å². The summed E-state index contributed by atoms with van der Waals surface area (Å²) in [6.45, 7) is 1.43. The number of hydrogen-bond acceptors (Lipinski definition) is 4. The van der Waals surface area contributed by atoms with E-state index in [2.05, 4.69) is 4.99 Å². The number of cyclic esters (lactones) is 1. The molecule has 0 aliphatic carbocycles. The Hall–Kier alpha value is -1.97. The number of Topliss-reactive ketones (excluding diaryl/α,β-unsaturated/α-hetero) is 1. The molecule has 0 saturated heterocycles. The number of ketones is 1. The molecule has 4 heteroatoms. The first kappa shape index (κ1) is 10.5. The molecule has 82 valence electrons. The van der Waals surface area contributed by atoms with Gasteiger partial charge in [-0.05, 0) is 19.1 Å². The number of carbonyl (C=O) groups is 2. The molecular weight excluding hydrogens is 206 g/mol.